The largest absolute Gasteiger partial charge is 0.355 e. The molecule has 0 radical (unpaired) electrons. The van der Waals surface area contributed by atoms with Crippen LogP contribution in [0.1, 0.15) is 38.2 Å². The second kappa shape index (κ2) is 9.20. The molecule has 1 aliphatic carbocycles. The zero-order chi connectivity index (χ0) is 22.1. The van der Waals surface area contributed by atoms with Gasteiger partial charge in [-0.25, -0.2) is 4.98 Å². The van der Waals surface area contributed by atoms with E-state index in [4.69, 9.17) is 9.97 Å². The smallest absolute Gasteiger partial charge is 0.128 e. The molecule has 1 atom stereocenters. The molecule has 2 fully saturated rings. The van der Waals surface area contributed by atoms with Crippen LogP contribution in [0.5, 0.6) is 0 Å². The Balaban J connectivity index is 1.50. The highest BCUT2D eigenvalue weighted by Gasteiger charge is 2.29. The van der Waals surface area contributed by atoms with Gasteiger partial charge in [0.05, 0.1) is 23.1 Å². The minimum absolute atomic E-state index is 0.546. The van der Waals surface area contributed by atoms with E-state index >= 15 is 0 Å². The van der Waals surface area contributed by atoms with Crippen molar-refractivity contribution in [1.29, 1.82) is 0 Å². The summed E-state index contributed by atoms with van der Waals surface area (Å²) in [5, 5.41) is 8.21. The molecule has 1 saturated heterocycles. The third kappa shape index (κ3) is 4.39. The number of pyridine rings is 2. The lowest BCUT2D eigenvalue weighted by atomic mass is 9.97. The van der Waals surface area contributed by atoms with Crippen LogP contribution in [0, 0.1) is 5.92 Å². The SMILES string of the molecule is CC/C=C(\c1cnc2ccc(Br)cc2c1Nc1ccc(N2CCC(NC)C2)nc1)C1CC1. The lowest BCUT2D eigenvalue weighted by Gasteiger charge is -2.19. The summed E-state index contributed by atoms with van der Waals surface area (Å²) in [5.74, 6) is 1.69. The highest BCUT2D eigenvalue weighted by Crippen LogP contribution is 2.46. The van der Waals surface area contributed by atoms with Crippen molar-refractivity contribution >= 4 is 49.6 Å². The van der Waals surface area contributed by atoms with Crippen molar-refractivity contribution in [3.05, 3.63) is 58.8 Å². The molecule has 3 aromatic rings. The molecular weight excluding hydrogens is 462 g/mol. The van der Waals surface area contributed by atoms with Gasteiger partial charge in [0.25, 0.3) is 0 Å². The van der Waals surface area contributed by atoms with E-state index in [1.54, 1.807) is 0 Å². The van der Waals surface area contributed by atoms with Crippen LogP contribution < -0.4 is 15.5 Å². The lowest BCUT2D eigenvalue weighted by molar-refractivity contribution is 0.616. The molecule has 166 valence electrons. The van der Waals surface area contributed by atoms with Gasteiger partial charge in [-0.1, -0.05) is 28.9 Å². The Bertz CT molecular complexity index is 1140. The summed E-state index contributed by atoms with van der Waals surface area (Å²) in [6, 6.07) is 11.1. The molecule has 0 amide bonds. The van der Waals surface area contributed by atoms with Gasteiger partial charge in [0.1, 0.15) is 5.82 Å². The Hall–Kier alpha value is -2.44. The normalized spacial score (nSPS) is 19.0. The number of nitrogens with zero attached hydrogens (tertiary/aromatic N) is 3. The fraction of sp³-hybridized carbons (Fsp3) is 0.385. The molecule has 3 heterocycles. The third-order valence-electron chi connectivity index (χ3n) is 6.52. The van der Waals surface area contributed by atoms with Gasteiger partial charge in [0.2, 0.25) is 0 Å². The first-order valence-corrected chi connectivity index (χ1v) is 12.4. The number of likely N-dealkylation sites (N-methyl/N-ethyl adjacent to an activating group) is 1. The zero-order valence-electron chi connectivity index (χ0n) is 18.7. The van der Waals surface area contributed by atoms with Gasteiger partial charge in [0, 0.05) is 40.8 Å². The van der Waals surface area contributed by atoms with Gasteiger partial charge in [-0.3, -0.25) is 4.98 Å². The molecule has 0 bridgehead atoms. The van der Waals surface area contributed by atoms with Crippen LogP contribution in [-0.2, 0) is 0 Å². The standard InChI is InChI=1S/C26H30BrN5/c1-3-4-21(17-5-6-17)23-15-29-24-9-7-18(27)13-22(24)26(23)31-19-8-10-25(30-14-19)32-12-11-20(16-32)28-2/h4,7-10,13-15,17,20,28H,3,5-6,11-12,16H2,1-2H3,(H,29,31)/b21-4-. The predicted molar refractivity (Wildman–Crippen MR) is 138 cm³/mol. The lowest BCUT2D eigenvalue weighted by Crippen LogP contribution is -2.29. The molecule has 2 N–H and O–H groups in total. The highest BCUT2D eigenvalue weighted by atomic mass is 79.9. The van der Waals surface area contributed by atoms with Crippen molar-refractivity contribution in [3.63, 3.8) is 0 Å². The Labute approximate surface area is 198 Å². The second-order valence-corrected chi connectivity index (χ2v) is 9.72. The predicted octanol–water partition coefficient (Wildman–Crippen LogP) is 6.14. The molecule has 1 aromatic carbocycles. The second-order valence-electron chi connectivity index (χ2n) is 8.80. The van der Waals surface area contributed by atoms with E-state index in [-0.39, 0.29) is 0 Å². The van der Waals surface area contributed by atoms with Gasteiger partial charge in [-0.2, -0.15) is 0 Å². The monoisotopic (exact) mass is 491 g/mol. The number of halogens is 1. The van der Waals surface area contributed by atoms with Crippen LogP contribution in [0.4, 0.5) is 17.2 Å². The van der Waals surface area contributed by atoms with Crippen molar-refractivity contribution in [2.45, 2.75) is 38.6 Å². The summed E-state index contributed by atoms with van der Waals surface area (Å²) in [6.45, 7) is 4.27. The van der Waals surface area contributed by atoms with E-state index in [2.05, 4.69) is 68.7 Å². The van der Waals surface area contributed by atoms with Gasteiger partial charge in [0.15, 0.2) is 0 Å². The fourth-order valence-corrected chi connectivity index (χ4v) is 4.99. The number of nitrogens with one attached hydrogen (secondary N) is 2. The summed E-state index contributed by atoms with van der Waals surface area (Å²) in [6.07, 6.45) is 11.1. The van der Waals surface area contributed by atoms with E-state index in [0.29, 0.717) is 12.0 Å². The third-order valence-corrected chi connectivity index (χ3v) is 7.01. The number of aromatic nitrogens is 2. The highest BCUT2D eigenvalue weighted by molar-refractivity contribution is 9.10. The Morgan fingerprint density at radius 1 is 1.16 bits per heavy atom. The Morgan fingerprint density at radius 2 is 2.03 bits per heavy atom. The quantitative estimate of drug-likeness (QED) is 0.415. The minimum Gasteiger partial charge on any atom is -0.355 e. The van der Waals surface area contributed by atoms with E-state index in [1.807, 2.05) is 25.5 Å². The molecule has 2 aromatic heterocycles. The van der Waals surface area contributed by atoms with Crippen LogP contribution in [0.25, 0.3) is 16.5 Å². The summed E-state index contributed by atoms with van der Waals surface area (Å²) in [5.41, 5.74) is 5.74. The first kappa shape index (κ1) is 21.4. The molecule has 5 rings (SSSR count). The maximum atomic E-state index is 4.79. The van der Waals surface area contributed by atoms with Crippen LogP contribution >= 0.6 is 15.9 Å². The Kier molecular flexibility index (Phi) is 6.15. The summed E-state index contributed by atoms with van der Waals surface area (Å²) < 4.78 is 1.06. The van der Waals surface area contributed by atoms with Crippen molar-refractivity contribution < 1.29 is 0 Å². The first-order valence-electron chi connectivity index (χ1n) is 11.6. The number of rotatable bonds is 7. The molecule has 5 nitrogen and oxygen atoms in total. The summed E-state index contributed by atoms with van der Waals surface area (Å²) in [4.78, 5) is 11.9. The van der Waals surface area contributed by atoms with Crippen molar-refractivity contribution in [2.75, 3.05) is 30.4 Å². The summed E-state index contributed by atoms with van der Waals surface area (Å²) >= 11 is 3.65. The molecule has 1 saturated carbocycles. The molecule has 0 spiro atoms. The summed E-state index contributed by atoms with van der Waals surface area (Å²) in [7, 11) is 2.03. The van der Waals surface area contributed by atoms with Crippen LogP contribution in [-0.4, -0.2) is 36.1 Å². The number of hydrogen-bond donors (Lipinski definition) is 2. The van der Waals surface area contributed by atoms with Crippen molar-refractivity contribution in [3.8, 4) is 0 Å². The van der Waals surface area contributed by atoms with Gasteiger partial charge in [-0.05, 0) is 74.6 Å². The van der Waals surface area contributed by atoms with E-state index in [9.17, 15) is 0 Å². The van der Waals surface area contributed by atoms with Crippen LogP contribution in [0.3, 0.4) is 0 Å². The minimum atomic E-state index is 0.546. The molecule has 32 heavy (non-hydrogen) atoms. The molecule has 6 heteroatoms. The number of benzene rings is 1. The number of fused-ring (bicyclic) bond motifs is 1. The molecule has 1 aliphatic heterocycles. The van der Waals surface area contributed by atoms with Crippen molar-refractivity contribution in [2.24, 2.45) is 5.92 Å². The van der Waals surface area contributed by atoms with E-state index < -0.39 is 0 Å². The maximum absolute atomic E-state index is 4.79. The fourth-order valence-electron chi connectivity index (χ4n) is 4.62. The maximum Gasteiger partial charge on any atom is 0.128 e. The van der Waals surface area contributed by atoms with Gasteiger partial charge < -0.3 is 15.5 Å². The van der Waals surface area contributed by atoms with Gasteiger partial charge >= 0.3 is 0 Å². The first-order chi connectivity index (χ1) is 15.7. The molecule has 1 unspecified atom stereocenters. The molecule has 2 aliphatic rings. The molecular formula is C26H30BrN5. The zero-order valence-corrected chi connectivity index (χ0v) is 20.3. The number of allylic oxidation sites excluding steroid dienone is 2. The van der Waals surface area contributed by atoms with Crippen LogP contribution in [0.2, 0.25) is 0 Å². The van der Waals surface area contributed by atoms with E-state index in [0.717, 1.165) is 58.5 Å². The number of anilines is 3. The number of hydrogen-bond acceptors (Lipinski definition) is 5. The van der Waals surface area contributed by atoms with Crippen molar-refractivity contribution in [1.82, 2.24) is 15.3 Å². The average molecular weight is 492 g/mol. The topological polar surface area (TPSA) is 53.1 Å². The average Bonchev–Trinajstić information content (AvgIpc) is 3.54. The Morgan fingerprint density at radius 3 is 2.72 bits per heavy atom. The van der Waals surface area contributed by atoms with Crippen LogP contribution in [0.15, 0.2) is 53.3 Å². The van der Waals surface area contributed by atoms with E-state index in [1.165, 1.54) is 24.0 Å². The van der Waals surface area contributed by atoms with Gasteiger partial charge in [-0.15, -0.1) is 0 Å².